The Morgan fingerprint density at radius 3 is 2.20 bits per heavy atom. The summed E-state index contributed by atoms with van der Waals surface area (Å²) >= 11 is 0. The van der Waals surface area contributed by atoms with Crippen molar-refractivity contribution in [3.8, 4) is 11.1 Å². The molecule has 35 heavy (non-hydrogen) atoms. The van der Waals surface area contributed by atoms with Crippen LogP contribution in [-0.4, -0.2) is 41.8 Å². The summed E-state index contributed by atoms with van der Waals surface area (Å²) in [5, 5.41) is 14.9. The summed E-state index contributed by atoms with van der Waals surface area (Å²) in [6, 6.07) is 16.3. The minimum atomic E-state index is -1.14. The average Bonchev–Trinajstić information content (AvgIpc) is 3.63. The number of amides is 2. The lowest BCUT2D eigenvalue weighted by atomic mass is 9.94. The fraction of sp³-hybridized carbons (Fsp3) is 0.464. The van der Waals surface area contributed by atoms with Crippen LogP contribution in [0.4, 0.5) is 4.79 Å². The second-order valence-electron chi connectivity index (χ2n) is 9.94. The normalized spacial score (nSPS) is 17.0. The Labute approximate surface area is 206 Å². The van der Waals surface area contributed by atoms with Crippen molar-refractivity contribution < 1.29 is 24.2 Å². The number of benzene rings is 2. The van der Waals surface area contributed by atoms with Crippen molar-refractivity contribution in [3.63, 3.8) is 0 Å². The number of nitrogens with one attached hydrogen (secondary N) is 2. The Balaban J connectivity index is 1.38. The van der Waals surface area contributed by atoms with Gasteiger partial charge in [0, 0.05) is 12.5 Å². The fourth-order valence-corrected chi connectivity index (χ4v) is 5.21. The maximum Gasteiger partial charge on any atom is 0.408 e. The van der Waals surface area contributed by atoms with Crippen LogP contribution in [0.1, 0.15) is 63.0 Å². The number of carboxylic acids is 1. The highest BCUT2D eigenvalue weighted by Crippen LogP contribution is 2.44. The largest absolute Gasteiger partial charge is 0.481 e. The van der Waals surface area contributed by atoms with Gasteiger partial charge in [0.1, 0.15) is 12.1 Å². The van der Waals surface area contributed by atoms with Crippen LogP contribution in [-0.2, 0) is 14.3 Å². The molecule has 2 aromatic rings. The van der Waals surface area contributed by atoms with Crippen LogP contribution in [0.5, 0.6) is 0 Å². The van der Waals surface area contributed by atoms with E-state index in [9.17, 15) is 19.5 Å². The number of carbonyl (C=O) groups is 3. The van der Waals surface area contributed by atoms with Gasteiger partial charge in [-0.1, -0.05) is 61.9 Å². The van der Waals surface area contributed by atoms with Gasteiger partial charge >= 0.3 is 12.1 Å². The first-order chi connectivity index (χ1) is 16.8. The van der Waals surface area contributed by atoms with Gasteiger partial charge in [-0.05, 0) is 60.3 Å². The lowest BCUT2D eigenvalue weighted by Crippen LogP contribution is -2.57. The molecule has 2 aliphatic rings. The van der Waals surface area contributed by atoms with Crippen LogP contribution in [0.3, 0.4) is 0 Å². The molecule has 7 heteroatoms. The molecule has 2 atom stereocenters. The Bertz CT molecular complexity index is 1050. The van der Waals surface area contributed by atoms with Crippen molar-refractivity contribution in [2.24, 2.45) is 11.8 Å². The number of rotatable bonds is 11. The van der Waals surface area contributed by atoms with Crippen LogP contribution >= 0.6 is 0 Å². The molecule has 0 saturated heterocycles. The van der Waals surface area contributed by atoms with Crippen molar-refractivity contribution in [1.29, 1.82) is 0 Å². The summed E-state index contributed by atoms with van der Waals surface area (Å²) in [6.07, 6.45) is 2.53. The molecule has 4 rings (SSSR count). The maximum atomic E-state index is 13.1. The zero-order valence-electron chi connectivity index (χ0n) is 20.4. The molecule has 3 N–H and O–H groups in total. The van der Waals surface area contributed by atoms with Crippen molar-refractivity contribution in [3.05, 3.63) is 59.7 Å². The van der Waals surface area contributed by atoms with E-state index in [1.54, 1.807) is 6.92 Å². The average molecular weight is 479 g/mol. The SMILES string of the molecule is CCCC(C)(NC(=O)OCC1c2ccccc2-c2ccccc21)C(=O)NCC(CC(=O)O)C1CC1. The number of fused-ring (bicyclic) bond motifs is 3. The quantitative estimate of drug-likeness (QED) is 0.434. The highest BCUT2D eigenvalue weighted by molar-refractivity contribution is 5.89. The third-order valence-electron chi connectivity index (χ3n) is 7.22. The van der Waals surface area contributed by atoms with E-state index in [0.29, 0.717) is 25.3 Å². The van der Waals surface area contributed by atoms with Crippen molar-refractivity contribution >= 4 is 18.0 Å². The highest BCUT2D eigenvalue weighted by atomic mass is 16.5. The van der Waals surface area contributed by atoms with E-state index in [1.807, 2.05) is 31.2 Å². The van der Waals surface area contributed by atoms with Crippen LogP contribution in [0.25, 0.3) is 11.1 Å². The molecule has 0 heterocycles. The third-order valence-corrected chi connectivity index (χ3v) is 7.22. The van der Waals surface area contributed by atoms with Gasteiger partial charge in [0.2, 0.25) is 5.91 Å². The first kappa shape index (κ1) is 24.8. The van der Waals surface area contributed by atoms with Gasteiger partial charge in [-0.2, -0.15) is 0 Å². The molecule has 0 aliphatic heterocycles. The number of carbonyl (C=O) groups excluding carboxylic acids is 2. The Kier molecular flexibility index (Phi) is 7.43. The molecule has 1 saturated carbocycles. The number of ether oxygens (including phenoxy) is 1. The Morgan fingerprint density at radius 1 is 1.06 bits per heavy atom. The van der Waals surface area contributed by atoms with E-state index in [1.165, 1.54) is 0 Å². The molecule has 2 aromatic carbocycles. The van der Waals surface area contributed by atoms with Crippen molar-refractivity contribution in [1.82, 2.24) is 10.6 Å². The van der Waals surface area contributed by atoms with Crippen LogP contribution in [0.2, 0.25) is 0 Å². The maximum absolute atomic E-state index is 13.1. The van der Waals surface area contributed by atoms with Gasteiger partial charge in [0.25, 0.3) is 0 Å². The van der Waals surface area contributed by atoms with Crippen molar-refractivity contribution in [2.45, 2.75) is 57.4 Å². The van der Waals surface area contributed by atoms with E-state index >= 15 is 0 Å². The van der Waals surface area contributed by atoms with Gasteiger partial charge in [0.05, 0.1) is 6.42 Å². The lowest BCUT2D eigenvalue weighted by molar-refractivity contribution is -0.138. The van der Waals surface area contributed by atoms with E-state index in [0.717, 1.165) is 35.1 Å². The number of carboxylic acid groups (broad SMARTS) is 1. The molecular weight excluding hydrogens is 444 g/mol. The molecule has 2 unspecified atom stereocenters. The smallest absolute Gasteiger partial charge is 0.408 e. The molecular formula is C28H34N2O5. The van der Waals surface area contributed by atoms with Crippen LogP contribution in [0, 0.1) is 11.8 Å². The standard InChI is InChI=1S/C28H34N2O5/c1-3-14-28(2,26(33)29-16-19(15-25(31)32)18-12-13-18)30-27(34)35-17-24-22-10-6-4-8-20(22)21-9-5-7-11-23(21)24/h4-11,18-19,24H,3,12-17H2,1-2H3,(H,29,33)(H,30,34)(H,31,32). The summed E-state index contributed by atoms with van der Waals surface area (Å²) in [4.78, 5) is 37.1. The fourth-order valence-electron chi connectivity index (χ4n) is 5.21. The number of alkyl carbamates (subject to hydrolysis) is 1. The molecule has 2 amide bonds. The second-order valence-corrected chi connectivity index (χ2v) is 9.94. The molecule has 0 bridgehead atoms. The summed E-state index contributed by atoms with van der Waals surface area (Å²) in [7, 11) is 0. The molecule has 0 spiro atoms. The van der Waals surface area contributed by atoms with Gasteiger partial charge in [-0.25, -0.2) is 4.79 Å². The predicted molar refractivity (Wildman–Crippen MR) is 133 cm³/mol. The highest BCUT2D eigenvalue weighted by Gasteiger charge is 2.38. The first-order valence-electron chi connectivity index (χ1n) is 12.5. The first-order valence-corrected chi connectivity index (χ1v) is 12.5. The molecule has 7 nitrogen and oxygen atoms in total. The van der Waals surface area contributed by atoms with E-state index in [-0.39, 0.29) is 30.8 Å². The molecule has 0 radical (unpaired) electrons. The predicted octanol–water partition coefficient (Wildman–Crippen LogP) is 4.70. The number of aliphatic carboxylic acids is 1. The summed E-state index contributed by atoms with van der Waals surface area (Å²) in [5.41, 5.74) is 3.41. The van der Waals surface area contributed by atoms with Crippen molar-refractivity contribution in [2.75, 3.05) is 13.2 Å². The monoisotopic (exact) mass is 478 g/mol. The number of hydrogen-bond acceptors (Lipinski definition) is 4. The zero-order chi connectivity index (χ0) is 25.0. The topological polar surface area (TPSA) is 105 Å². The molecule has 186 valence electrons. The minimum Gasteiger partial charge on any atom is -0.481 e. The van der Waals surface area contributed by atoms with Crippen LogP contribution < -0.4 is 10.6 Å². The minimum absolute atomic E-state index is 0.0370. The Morgan fingerprint density at radius 2 is 1.66 bits per heavy atom. The lowest BCUT2D eigenvalue weighted by Gasteiger charge is -2.30. The van der Waals surface area contributed by atoms with E-state index < -0.39 is 17.6 Å². The summed E-state index contributed by atoms with van der Waals surface area (Å²) in [6.45, 7) is 4.10. The van der Waals surface area contributed by atoms with E-state index in [4.69, 9.17) is 4.74 Å². The van der Waals surface area contributed by atoms with Gasteiger partial charge in [-0.15, -0.1) is 0 Å². The van der Waals surface area contributed by atoms with Crippen LogP contribution in [0.15, 0.2) is 48.5 Å². The number of hydrogen-bond donors (Lipinski definition) is 3. The third kappa shape index (κ3) is 5.66. The summed E-state index contributed by atoms with van der Waals surface area (Å²) in [5.74, 6) is -0.974. The summed E-state index contributed by atoms with van der Waals surface area (Å²) < 4.78 is 5.65. The van der Waals surface area contributed by atoms with Gasteiger partial charge < -0.3 is 20.5 Å². The molecule has 0 aromatic heterocycles. The molecule has 1 fully saturated rings. The van der Waals surface area contributed by atoms with Gasteiger partial charge in [-0.3, -0.25) is 9.59 Å². The van der Waals surface area contributed by atoms with E-state index in [2.05, 4.69) is 34.9 Å². The second kappa shape index (κ2) is 10.5. The molecule has 2 aliphatic carbocycles. The van der Waals surface area contributed by atoms with Gasteiger partial charge in [0.15, 0.2) is 0 Å². The zero-order valence-corrected chi connectivity index (χ0v) is 20.4. The Hall–Kier alpha value is -3.35.